The van der Waals surface area contributed by atoms with Crippen molar-refractivity contribution in [1.29, 1.82) is 0 Å². The van der Waals surface area contributed by atoms with Crippen molar-refractivity contribution in [3.05, 3.63) is 76.6 Å². The van der Waals surface area contributed by atoms with E-state index in [1.165, 1.54) is 26.2 Å². The third-order valence-electron chi connectivity index (χ3n) is 4.61. The molecule has 3 rings (SSSR count). The van der Waals surface area contributed by atoms with Gasteiger partial charge in [-0.1, -0.05) is 11.6 Å². The first-order valence-electron chi connectivity index (χ1n) is 8.90. The van der Waals surface area contributed by atoms with Crippen LogP contribution in [0.25, 0.3) is 5.69 Å². The minimum absolute atomic E-state index is 0.152. The van der Waals surface area contributed by atoms with Crippen molar-refractivity contribution < 1.29 is 13.2 Å². The Kier molecular flexibility index (Phi) is 5.84. The van der Waals surface area contributed by atoms with E-state index in [1.807, 2.05) is 36.6 Å². The molecule has 0 spiro atoms. The van der Waals surface area contributed by atoms with Gasteiger partial charge in [-0.05, 0) is 68.4 Å². The van der Waals surface area contributed by atoms with Gasteiger partial charge in [-0.15, -0.1) is 0 Å². The molecule has 0 aliphatic heterocycles. The molecule has 0 saturated heterocycles. The summed E-state index contributed by atoms with van der Waals surface area (Å²) in [5.74, 6) is -0.373. The maximum Gasteiger partial charge on any atom is 0.257 e. The first kappa shape index (κ1) is 21.1. The molecule has 0 aliphatic rings. The second kappa shape index (κ2) is 8.02. The van der Waals surface area contributed by atoms with Crippen molar-refractivity contribution in [2.75, 3.05) is 19.4 Å². The summed E-state index contributed by atoms with van der Waals surface area (Å²) in [5, 5.41) is 3.10. The second-order valence-corrected chi connectivity index (χ2v) is 9.44. The molecule has 1 amide bonds. The fraction of sp³-hybridized carbons (Fsp3) is 0.190. The smallest absolute Gasteiger partial charge is 0.257 e. The molecule has 1 N–H and O–H groups in total. The zero-order valence-corrected chi connectivity index (χ0v) is 18.2. The van der Waals surface area contributed by atoms with Crippen molar-refractivity contribution in [2.24, 2.45) is 0 Å². The van der Waals surface area contributed by atoms with Crippen LogP contribution < -0.4 is 5.32 Å². The Bertz CT molecular complexity index is 1150. The quantitative estimate of drug-likeness (QED) is 0.656. The summed E-state index contributed by atoms with van der Waals surface area (Å²) in [6.07, 6.45) is 0. The van der Waals surface area contributed by atoms with Crippen LogP contribution in [0.2, 0.25) is 5.02 Å². The summed E-state index contributed by atoms with van der Waals surface area (Å²) in [5.41, 5.74) is 3.75. The Labute approximate surface area is 175 Å². The summed E-state index contributed by atoms with van der Waals surface area (Å²) in [4.78, 5) is 12.9. The molecule has 1 aromatic heterocycles. The van der Waals surface area contributed by atoms with Crippen LogP contribution in [0.15, 0.2) is 59.5 Å². The van der Waals surface area contributed by atoms with E-state index in [-0.39, 0.29) is 10.8 Å². The van der Waals surface area contributed by atoms with Crippen LogP contribution in [0.3, 0.4) is 0 Å². The van der Waals surface area contributed by atoms with Crippen LogP contribution in [-0.4, -0.2) is 37.3 Å². The Morgan fingerprint density at radius 2 is 1.55 bits per heavy atom. The maximum atomic E-state index is 12.8. The molecular weight excluding hydrogens is 410 g/mol. The third kappa shape index (κ3) is 4.22. The Morgan fingerprint density at radius 3 is 2.10 bits per heavy atom. The highest BCUT2D eigenvalue weighted by atomic mass is 35.5. The number of hydrogen-bond acceptors (Lipinski definition) is 3. The molecule has 0 saturated carbocycles. The van der Waals surface area contributed by atoms with Crippen LogP contribution in [-0.2, 0) is 10.0 Å². The maximum absolute atomic E-state index is 12.8. The zero-order valence-electron chi connectivity index (χ0n) is 16.6. The number of benzene rings is 2. The van der Waals surface area contributed by atoms with E-state index in [4.69, 9.17) is 11.6 Å². The van der Waals surface area contributed by atoms with Gasteiger partial charge in [0.2, 0.25) is 10.0 Å². The van der Waals surface area contributed by atoms with Crippen molar-refractivity contribution in [2.45, 2.75) is 18.7 Å². The molecule has 0 unspecified atom stereocenters. The predicted octanol–water partition coefficient (Wildman–Crippen LogP) is 4.25. The van der Waals surface area contributed by atoms with Crippen LogP contribution in [0.4, 0.5) is 5.69 Å². The highest BCUT2D eigenvalue weighted by Crippen LogP contribution is 2.24. The lowest BCUT2D eigenvalue weighted by Gasteiger charge is -2.14. The molecule has 0 radical (unpaired) electrons. The topological polar surface area (TPSA) is 71.4 Å². The number of aryl methyl sites for hydroxylation is 2. The molecule has 29 heavy (non-hydrogen) atoms. The fourth-order valence-electron chi connectivity index (χ4n) is 3.02. The van der Waals surface area contributed by atoms with E-state index in [2.05, 4.69) is 5.32 Å². The normalized spacial score (nSPS) is 11.7. The molecule has 3 aromatic rings. The number of hydrogen-bond donors (Lipinski definition) is 1. The summed E-state index contributed by atoms with van der Waals surface area (Å²) in [7, 11) is -0.590. The van der Waals surface area contributed by atoms with E-state index < -0.39 is 10.0 Å². The summed E-state index contributed by atoms with van der Waals surface area (Å²) in [6.45, 7) is 3.98. The van der Waals surface area contributed by atoms with Crippen LogP contribution in [0, 0.1) is 13.8 Å². The van der Waals surface area contributed by atoms with E-state index in [9.17, 15) is 13.2 Å². The van der Waals surface area contributed by atoms with Gasteiger partial charge in [0.05, 0.1) is 15.5 Å². The summed E-state index contributed by atoms with van der Waals surface area (Å²) < 4.78 is 27.5. The van der Waals surface area contributed by atoms with E-state index in [1.54, 1.807) is 24.3 Å². The van der Waals surface area contributed by atoms with Crippen LogP contribution in [0.1, 0.15) is 21.7 Å². The van der Waals surface area contributed by atoms with Gasteiger partial charge in [0, 0.05) is 36.9 Å². The minimum atomic E-state index is -3.52. The number of anilines is 1. The molecular formula is C21H22ClN3O3S. The van der Waals surface area contributed by atoms with Gasteiger partial charge in [0.15, 0.2) is 0 Å². The molecule has 0 bridgehead atoms. The highest BCUT2D eigenvalue weighted by molar-refractivity contribution is 7.89. The average Bonchev–Trinajstić information content (AvgIpc) is 3.01. The lowest BCUT2D eigenvalue weighted by atomic mass is 10.1. The van der Waals surface area contributed by atoms with Gasteiger partial charge < -0.3 is 9.88 Å². The number of rotatable bonds is 5. The van der Waals surface area contributed by atoms with Crippen molar-refractivity contribution in [1.82, 2.24) is 8.87 Å². The number of nitrogens with one attached hydrogen (secondary N) is 1. The third-order valence-corrected chi connectivity index (χ3v) is 6.77. The lowest BCUT2D eigenvalue weighted by molar-refractivity contribution is 0.102. The van der Waals surface area contributed by atoms with E-state index >= 15 is 0 Å². The number of aromatic nitrogens is 1. The average molecular weight is 432 g/mol. The fourth-order valence-corrected chi connectivity index (χ4v) is 4.13. The number of carbonyl (C=O) groups excluding carboxylic acids is 1. The van der Waals surface area contributed by atoms with Gasteiger partial charge in [-0.3, -0.25) is 4.79 Å². The Balaban J connectivity index is 1.87. The molecule has 2 aromatic carbocycles. The first-order valence-corrected chi connectivity index (χ1v) is 10.7. The van der Waals surface area contributed by atoms with E-state index in [0.717, 1.165) is 21.4 Å². The number of nitrogens with zero attached hydrogens (tertiary/aromatic N) is 2. The number of sulfonamides is 1. The summed E-state index contributed by atoms with van der Waals surface area (Å²) in [6, 6.07) is 15.3. The molecule has 0 atom stereocenters. The monoisotopic (exact) mass is 431 g/mol. The SMILES string of the molecule is Cc1ccc(C)n1-c1ccc(Cl)c(C(=O)Nc2ccc(S(=O)(=O)N(C)C)cc2)c1. The van der Waals surface area contributed by atoms with E-state index in [0.29, 0.717) is 16.3 Å². The van der Waals surface area contributed by atoms with Crippen molar-refractivity contribution in [3.8, 4) is 5.69 Å². The molecule has 8 heteroatoms. The molecule has 0 aliphatic carbocycles. The standard InChI is InChI=1S/C21H22ClN3O3S/c1-14-5-6-15(2)25(14)17-9-12-20(22)19(13-17)21(26)23-16-7-10-18(11-8-16)29(27,28)24(3)4/h5-13H,1-4H3,(H,23,26). The van der Waals surface area contributed by atoms with Crippen LogP contribution >= 0.6 is 11.6 Å². The van der Waals surface area contributed by atoms with Gasteiger partial charge >= 0.3 is 0 Å². The predicted molar refractivity (Wildman–Crippen MR) is 116 cm³/mol. The molecule has 152 valence electrons. The number of halogens is 1. The number of amides is 1. The molecule has 6 nitrogen and oxygen atoms in total. The minimum Gasteiger partial charge on any atom is -0.322 e. The first-order chi connectivity index (χ1) is 13.6. The zero-order chi connectivity index (χ0) is 21.3. The second-order valence-electron chi connectivity index (χ2n) is 6.88. The highest BCUT2D eigenvalue weighted by Gasteiger charge is 2.18. The van der Waals surface area contributed by atoms with Crippen LogP contribution in [0.5, 0.6) is 0 Å². The Morgan fingerprint density at radius 1 is 0.966 bits per heavy atom. The Hall–Kier alpha value is -2.61. The van der Waals surface area contributed by atoms with Crippen molar-refractivity contribution >= 4 is 33.2 Å². The van der Waals surface area contributed by atoms with Gasteiger partial charge in [-0.25, -0.2) is 12.7 Å². The number of carbonyl (C=O) groups is 1. The molecule has 1 heterocycles. The lowest BCUT2D eigenvalue weighted by Crippen LogP contribution is -2.22. The summed E-state index contributed by atoms with van der Waals surface area (Å²) >= 11 is 6.26. The molecule has 0 fully saturated rings. The largest absolute Gasteiger partial charge is 0.322 e. The van der Waals surface area contributed by atoms with Gasteiger partial charge in [0.25, 0.3) is 5.91 Å². The van der Waals surface area contributed by atoms with Gasteiger partial charge in [-0.2, -0.15) is 0 Å². The van der Waals surface area contributed by atoms with Gasteiger partial charge in [0.1, 0.15) is 0 Å². The van der Waals surface area contributed by atoms with Crippen molar-refractivity contribution in [3.63, 3.8) is 0 Å².